The third kappa shape index (κ3) is 3.72. The van der Waals surface area contributed by atoms with Crippen molar-refractivity contribution in [1.29, 1.82) is 0 Å². The highest BCUT2D eigenvalue weighted by atomic mass is 19.4. The summed E-state index contributed by atoms with van der Waals surface area (Å²) in [6.07, 6.45) is -3.25. The van der Waals surface area contributed by atoms with Crippen LogP contribution in [0.5, 0.6) is 0 Å². The summed E-state index contributed by atoms with van der Waals surface area (Å²) < 4.78 is 36.6. The molecule has 0 aliphatic heterocycles. The zero-order valence-electron chi connectivity index (χ0n) is 10.5. The molecular weight excluding hydrogens is 273 g/mol. The van der Waals surface area contributed by atoms with Crippen molar-refractivity contribution < 1.29 is 22.8 Å². The minimum absolute atomic E-state index is 0.0203. The molecule has 0 radical (unpaired) electrons. The van der Waals surface area contributed by atoms with Crippen LogP contribution in [0.4, 0.5) is 18.9 Å². The lowest BCUT2D eigenvalue weighted by Crippen LogP contribution is -2.31. The summed E-state index contributed by atoms with van der Waals surface area (Å²) in [5, 5.41) is 4.45. The molecule has 1 aromatic rings. The van der Waals surface area contributed by atoms with Crippen molar-refractivity contribution in [2.75, 3.05) is 5.32 Å². The number of benzene rings is 1. The Kier molecular flexibility index (Phi) is 3.96. The van der Waals surface area contributed by atoms with Gasteiger partial charge in [-0.3, -0.25) is 9.59 Å². The lowest BCUT2D eigenvalue weighted by atomic mass is 10.1. The van der Waals surface area contributed by atoms with Crippen LogP contribution in [0.1, 0.15) is 18.4 Å². The first kappa shape index (κ1) is 14.4. The molecule has 1 aliphatic rings. The van der Waals surface area contributed by atoms with Crippen LogP contribution >= 0.6 is 0 Å². The number of carbonyl (C=O) groups excluding carboxylic acids is 2. The quantitative estimate of drug-likeness (QED) is 0.891. The number of rotatable bonds is 4. The highest BCUT2D eigenvalue weighted by Gasteiger charge is 2.39. The zero-order valence-corrected chi connectivity index (χ0v) is 10.5. The van der Waals surface area contributed by atoms with E-state index >= 15 is 0 Å². The minimum Gasteiger partial charge on any atom is -0.352 e. The van der Waals surface area contributed by atoms with E-state index in [1.54, 1.807) is 17.4 Å². The molecule has 0 spiro atoms. The standard InChI is InChI=1S/C13H13F3N2O2/c14-13(15,16)12(20)18-10-4-2-1-3-9(10)7-17-11(19)8-5-6-8/h1-4,8H,5-7H2,(H,17,19)(H,18,20). The van der Waals surface area contributed by atoms with Gasteiger partial charge < -0.3 is 10.6 Å². The Morgan fingerprint density at radius 1 is 1.20 bits per heavy atom. The number of alkyl halides is 3. The molecule has 0 heterocycles. The summed E-state index contributed by atoms with van der Waals surface area (Å²) in [4.78, 5) is 22.4. The van der Waals surface area contributed by atoms with E-state index in [9.17, 15) is 22.8 Å². The Morgan fingerprint density at radius 2 is 1.85 bits per heavy atom. The van der Waals surface area contributed by atoms with Crippen LogP contribution in [0.25, 0.3) is 0 Å². The summed E-state index contributed by atoms with van der Waals surface area (Å²) in [6.45, 7) is 0.0869. The van der Waals surface area contributed by atoms with Gasteiger partial charge in [-0.2, -0.15) is 13.2 Å². The maximum atomic E-state index is 12.2. The number of anilines is 1. The van der Waals surface area contributed by atoms with Gasteiger partial charge in [0.1, 0.15) is 0 Å². The van der Waals surface area contributed by atoms with Gasteiger partial charge in [-0.15, -0.1) is 0 Å². The highest BCUT2D eigenvalue weighted by Crippen LogP contribution is 2.29. The minimum atomic E-state index is -4.94. The van der Waals surface area contributed by atoms with Gasteiger partial charge in [0.25, 0.3) is 0 Å². The molecule has 1 aromatic carbocycles. The molecule has 0 bridgehead atoms. The summed E-state index contributed by atoms with van der Waals surface area (Å²) >= 11 is 0. The maximum Gasteiger partial charge on any atom is 0.471 e. The van der Waals surface area contributed by atoms with E-state index in [1.807, 2.05) is 0 Å². The second-order valence-corrected chi connectivity index (χ2v) is 4.60. The van der Waals surface area contributed by atoms with Gasteiger partial charge in [0.05, 0.1) is 0 Å². The highest BCUT2D eigenvalue weighted by molar-refractivity contribution is 5.95. The van der Waals surface area contributed by atoms with Gasteiger partial charge in [-0.25, -0.2) is 0 Å². The Balaban J connectivity index is 2.01. The third-order valence-electron chi connectivity index (χ3n) is 2.92. The van der Waals surface area contributed by atoms with Crippen molar-refractivity contribution in [3.05, 3.63) is 29.8 Å². The lowest BCUT2D eigenvalue weighted by molar-refractivity contribution is -0.167. The monoisotopic (exact) mass is 286 g/mol. The first-order valence-corrected chi connectivity index (χ1v) is 6.11. The van der Waals surface area contributed by atoms with E-state index in [4.69, 9.17) is 0 Å². The van der Waals surface area contributed by atoms with E-state index in [2.05, 4.69) is 5.32 Å². The van der Waals surface area contributed by atoms with E-state index in [0.29, 0.717) is 5.56 Å². The van der Waals surface area contributed by atoms with Gasteiger partial charge in [0.2, 0.25) is 5.91 Å². The van der Waals surface area contributed by atoms with Crippen LogP contribution in [-0.4, -0.2) is 18.0 Å². The van der Waals surface area contributed by atoms with Crippen molar-refractivity contribution in [2.24, 2.45) is 5.92 Å². The number of hydrogen-bond acceptors (Lipinski definition) is 2. The number of hydrogen-bond donors (Lipinski definition) is 2. The van der Waals surface area contributed by atoms with Crippen LogP contribution in [0.15, 0.2) is 24.3 Å². The van der Waals surface area contributed by atoms with Gasteiger partial charge in [0, 0.05) is 18.2 Å². The topological polar surface area (TPSA) is 58.2 Å². The Morgan fingerprint density at radius 3 is 2.45 bits per heavy atom. The average Bonchev–Trinajstić information content (AvgIpc) is 3.20. The number of para-hydroxylation sites is 1. The SMILES string of the molecule is O=C(NCc1ccccc1NC(=O)C(F)(F)F)C1CC1. The Bertz CT molecular complexity index is 525. The number of carbonyl (C=O) groups is 2. The number of halogens is 3. The second-order valence-electron chi connectivity index (χ2n) is 4.60. The molecule has 1 saturated carbocycles. The van der Waals surface area contributed by atoms with Crippen molar-refractivity contribution in [1.82, 2.24) is 5.32 Å². The van der Waals surface area contributed by atoms with Crippen LogP contribution in [0.2, 0.25) is 0 Å². The summed E-state index contributed by atoms with van der Waals surface area (Å²) in [7, 11) is 0. The fourth-order valence-corrected chi connectivity index (χ4v) is 1.66. The molecule has 20 heavy (non-hydrogen) atoms. The maximum absolute atomic E-state index is 12.2. The molecule has 0 aromatic heterocycles. The van der Waals surface area contributed by atoms with Crippen LogP contribution in [-0.2, 0) is 16.1 Å². The smallest absolute Gasteiger partial charge is 0.352 e. The molecule has 2 amide bonds. The zero-order chi connectivity index (χ0) is 14.8. The van der Waals surface area contributed by atoms with E-state index < -0.39 is 12.1 Å². The van der Waals surface area contributed by atoms with Gasteiger partial charge in [-0.05, 0) is 24.5 Å². The molecule has 1 aliphatic carbocycles. The van der Waals surface area contributed by atoms with E-state index in [0.717, 1.165) is 12.8 Å². The van der Waals surface area contributed by atoms with Gasteiger partial charge >= 0.3 is 12.1 Å². The van der Waals surface area contributed by atoms with E-state index in [-0.39, 0.29) is 24.1 Å². The normalized spacial score (nSPS) is 14.8. The predicted octanol–water partition coefficient (Wildman–Crippen LogP) is 2.21. The largest absolute Gasteiger partial charge is 0.471 e. The van der Waals surface area contributed by atoms with E-state index in [1.165, 1.54) is 12.1 Å². The van der Waals surface area contributed by atoms with Crippen LogP contribution < -0.4 is 10.6 Å². The first-order chi connectivity index (χ1) is 9.38. The number of amides is 2. The summed E-state index contributed by atoms with van der Waals surface area (Å²) in [6, 6.07) is 6.06. The molecule has 1 fully saturated rings. The average molecular weight is 286 g/mol. The molecule has 0 atom stereocenters. The van der Waals surface area contributed by atoms with Crippen molar-refractivity contribution in [3.63, 3.8) is 0 Å². The molecule has 2 N–H and O–H groups in total. The molecule has 0 saturated heterocycles. The lowest BCUT2D eigenvalue weighted by Gasteiger charge is -2.13. The Labute approximate surface area is 113 Å². The predicted molar refractivity (Wildman–Crippen MR) is 65.7 cm³/mol. The van der Waals surface area contributed by atoms with Crippen LogP contribution in [0, 0.1) is 5.92 Å². The van der Waals surface area contributed by atoms with Gasteiger partial charge in [-0.1, -0.05) is 18.2 Å². The summed E-state index contributed by atoms with van der Waals surface area (Å²) in [5.41, 5.74) is 0.477. The molecule has 7 heteroatoms. The van der Waals surface area contributed by atoms with Gasteiger partial charge in [0.15, 0.2) is 0 Å². The number of nitrogens with one attached hydrogen (secondary N) is 2. The summed E-state index contributed by atoms with van der Waals surface area (Å²) in [5.74, 6) is -2.12. The van der Waals surface area contributed by atoms with Crippen molar-refractivity contribution in [3.8, 4) is 0 Å². The molecule has 4 nitrogen and oxygen atoms in total. The van der Waals surface area contributed by atoms with Crippen molar-refractivity contribution >= 4 is 17.5 Å². The third-order valence-corrected chi connectivity index (χ3v) is 2.92. The molecule has 2 rings (SSSR count). The fourth-order valence-electron chi connectivity index (χ4n) is 1.66. The fraction of sp³-hybridized carbons (Fsp3) is 0.385. The molecular formula is C13H13F3N2O2. The van der Waals surface area contributed by atoms with Crippen LogP contribution in [0.3, 0.4) is 0 Å². The molecule has 108 valence electrons. The van der Waals surface area contributed by atoms with Crippen molar-refractivity contribution in [2.45, 2.75) is 25.6 Å². The first-order valence-electron chi connectivity index (χ1n) is 6.11. The Hall–Kier alpha value is -2.05. The second kappa shape index (κ2) is 5.52. The molecule has 0 unspecified atom stereocenters.